The molecule has 172 valence electrons. The lowest BCUT2D eigenvalue weighted by Gasteiger charge is -2.24. The van der Waals surface area contributed by atoms with E-state index in [-0.39, 0.29) is 24.7 Å². The smallest absolute Gasteiger partial charge is 0.260 e. The third kappa shape index (κ3) is 4.83. The van der Waals surface area contributed by atoms with Crippen molar-refractivity contribution in [3.63, 3.8) is 0 Å². The number of amides is 1. The minimum absolute atomic E-state index is 0.120. The normalized spacial score (nSPS) is 20.9. The lowest BCUT2D eigenvalue weighted by Crippen LogP contribution is -2.19. The van der Waals surface area contributed by atoms with Crippen LogP contribution in [0, 0.1) is 5.92 Å². The van der Waals surface area contributed by atoms with E-state index in [9.17, 15) is 9.90 Å². The number of carbonyl (C=O) groups excluding carboxylic acids is 1. The number of anilines is 2. The second-order valence-corrected chi connectivity index (χ2v) is 8.82. The van der Waals surface area contributed by atoms with Crippen molar-refractivity contribution in [2.45, 2.75) is 50.7 Å². The molecule has 2 aliphatic rings. The van der Waals surface area contributed by atoms with Crippen LogP contribution in [0.5, 0.6) is 5.75 Å². The number of nitrogens with zero attached hydrogens (tertiary/aromatic N) is 4. The van der Waals surface area contributed by atoms with E-state index < -0.39 is 0 Å². The molecule has 0 aliphatic heterocycles. The first-order valence-electron chi connectivity index (χ1n) is 11.4. The monoisotopic (exact) mass is 448 g/mol. The molecule has 9 nitrogen and oxygen atoms in total. The van der Waals surface area contributed by atoms with Crippen molar-refractivity contribution < 1.29 is 14.6 Å². The van der Waals surface area contributed by atoms with E-state index in [1.165, 1.54) is 0 Å². The summed E-state index contributed by atoms with van der Waals surface area (Å²) in [6.07, 6.45) is 10.9. The number of imidazole rings is 1. The van der Waals surface area contributed by atoms with Crippen LogP contribution < -0.4 is 15.8 Å². The molecule has 1 amide bonds. The van der Waals surface area contributed by atoms with Gasteiger partial charge in [-0.1, -0.05) is 0 Å². The van der Waals surface area contributed by atoms with Gasteiger partial charge in [0.05, 0.1) is 17.9 Å². The van der Waals surface area contributed by atoms with Crippen LogP contribution in [0.3, 0.4) is 0 Å². The second-order valence-electron chi connectivity index (χ2n) is 8.82. The van der Waals surface area contributed by atoms with Gasteiger partial charge in [0, 0.05) is 42.4 Å². The van der Waals surface area contributed by atoms with Gasteiger partial charge >= 0.3 is 0 Å². The summed E-state index contributed by atoms with van der Waals surface area (Å²) in [6.45, 7) is 0.242. The van der Waals surface area contributed by atoms with Gasteiger partial charge in [-0.15, -0.1) is 0 Å². The summed E-state index contributed by atoms with van der Waals surface area (Å²) in [5, 5.41) is 16.5. The van der Waals surface area contributed by atoms with Crippen molar-refractivity contribution >= 4 is 29.3 Å². The highest BCUT2D eigenvalue weighted by Gasteiger charge is 2.27. The first-order valence-corrected chi connectivity index (χ1v) is 11.4. The van der Waals surface area contributed by atoms with Gasteiger partial charge in [-0.3, -0.25) is 9.79 Å². The zero-order valence-corrected chi connectivity index (χ0v) is 18.4. The molecule has 0 spiro atoms. The Bertz CT molecular complexity index is 1180. The molecule has 0 bridgehead atoms. The van der Waals surface area contributed by atoms with Gasteiger partial charge < -0.3 is 20.9 Å². The van der Waals surface area contributed by atoms with Crippen molar-refractivity contribution in [1.29, 1.82) is 0 Å². The molecule has 2 aromatic heterocycles. The predicted molar refractivity (Wildman–Crippen MR) is 126 cm³/mol. The fourth-order valence-electron chi connectivity index (χ4n) is 4.12. The number of hydrogen-bond donors (Lipinski definition) is 3. The SMILES string of the molecule is Nc1cc(OC2CC2)c(C(=O)Nc2cnc3cccnn23)cc1C=NC1CCC(CO)CC1. The first-order chi connectivity index (χ1) is 16.1. The number of aliphatic hydroxyl groups excluding tert-OH is 1. The quantitative estimate of drug-likeness (QED) is 0.377. The van der Waals surface area contributed by atoms with Crippen molar-refractivity contribution in [3.8, 4) is 5.75 Å². The van der Waals surface area contributed by atoms with Crippen molar-refractivity contribution in [3.05, 3.63) is 47.8 Å². The summed E-state index contributed by atoms with van der Waals surface area (Å²) in [5.41, 5.74) is 8.54. The fraction of sp³-hybridized carbons (Fsp3) is 0.417. The number of aliphatic hydroxyl groups is 1. The molecule has 3 aromatic rings. The second kappa shape index (κ2) is 9.19. The number of benzene rings is 1. The van der Waals surface area contributed by atoms with E-state index in [2.05, 4.69) is 15.4 Å². The third-order valence-corrected chi connectivity index (χ3v) is 6.27. The maximum atomic E-state index is 13.2. The number of aliphatic imine (C=N–C) groups is 1. The Morgan fingerprint density at radius 2 is 2.09 bits per heavy atom. The van der Waals surface area contributed by atoms with E-state index in [1.807, 2.05) is 6.07 Å². The maximum Gasteiger partial charge on any atom is 0.260 e. The highest BCUT2D eigenvalue weighted by Crippen LogP contribution is 2.33. The van der Waals surface area contributed by atoms with Crippen LogP contribution >= 0.6 is 0 Å². The molecule has 0 saturated heterocycles. The van der Waals surface area contributed by atoms with Crippen LogP contribution in [-0.4, -0.2) is 50.6 Å². The summed E-state index contributed by atoms with van der Waals surface area (Å²) in [5.74, 6) is 0.997. The number of hydrogen-bond acceptors (Lipinski definition) is 7. The van der Waals surface area contributed by atoms with Gasteiger partial charge in [0.2, 0.25) is 0 Å². The number of ether oxygens (including phenoxy) is 1. The molecule has 2 heterocycles. The predicted octanol–water partition coefficient (Wildman–Crippen LogP) is 3.08. The average molecular weight is 449 g/mol. The van der Waals surface area contributed by atoms with Crippen LogP contribution in [0.4, 0.5) is 11.5 Å². The van der Waals surface area contributed by atoms with Crippen molar-refractivity contribution in [1.82, 2.24) is 14.6 Å². The van der Waals surface area contributed by atoms with Crippen LogP contribution in [0.2, 0.25) is 0 Å². The molecule has 2 aliphatic carbocycles. The Hall–Kier alpha value is -3.46. The molecule has 33 heavy (non-hydrogen) atoms. The van der Waals surface area contributed by atoms with E-state index in [0.717, 1.165) is 38.5 Å². The Kier molecular flexibility index (Phi) is 5.95. The Labute approximate surface area is 191 Å². The highest BCUT2D eigenvalue weighted by molar-refractivity contribution is 6.07. The van der Waals surface area contributed by atoms with Crippen molar-refractivity contribution in [2.75, 3.05) is 17.7 Å². The number of nitrogens with one attached hydrogen (secondary N) is 1. The van der Waals surface area contributed by atoms with Gasteiger partial charge in [-0.05, 0) is 62.6 Å². The van der Waals surface area contributed by atoms with Gasteiger partial charge in [-0.25, -0.2) is 4.98 Å². The molecule has 9 heteroatoms. The molecule has 5 rings (SSSR count). The van der Waals surface area contributed by atoms with Gasteiger partial charge in [0.25, 0.3) is 5.91 Å². The van der Waals surface area contributed by atoms with E-state index >= 15 is 0 Å². The first kappa shape index (κ1) is 21.4. The third-order valence-electron chi connectivity index (χ3n) is 6.27. The zero-order valence-electron chi connectivity index (χ0n) is 18.4. The van der Waals surface area contributed by atoms with Crippen LogP contribution in [-0.2, 0) is 0 Å². The number of nitrogens with two attached hydrogens (primary N) is 1. The van der Waals surface area contributed by atoms with E-state index in [4.69, 9.17) is 15.5 Å². The standard InChI is InChI=1S/C24H28N6O3/c25-20-11-21(33-18-7-8-18)19(10-16(20)12-26-17-5-3-15(14-31)4-6-17)24(32)29-23-13-27-22-2-1-9-28-30(22)23/h1-2,9-13,15,17-18,31H,3-8,14,25H2,(H,29,32). The lowest BCUT2D eigenvalue weighted by molar-refractivity contribution is 0.102. The van der Waals surface area contributed by atoms with E-state index in [0.29, 0.717) is 39.9 Å². The largest absolute Gasteiger partial charge is 0.490 e. The Morgan fingerprint density at radius 1 is 1.27 bits per heavy atom. The summed E-state index contributed by atoms with van der Waals surface area (Å²) in [7, 11) is 0. The fourth-order valence-corrected chi connectivity index (χ4v) is 4.12. The maximum absolute atomic E-state index is 13.2. The number of fused-ring (bicyclic) bond motifs is 1. The van der Waals surface area contributed by atoms with Crippen LogP contribution in [0.15, 0.2) is 41.7 Å². The summed E-state index contributed by atoms with van der Waals surface area (Å²) >= 11 is 0. The summed E-state index contributed by atoms with van der Waals surface area (Å²) < 4.78 is 7.56. The minimum atomic E-state index is -0.323. The van der Waals surface area contributed by atoms with Gasteiger partial charge in [0.15, 0.2) is 11.5 Å². The number of aromatic nitrogens is 3. The number of carbonyl (C=O) groups is 1. The highest BCUT2D eigenvalue weighted by atomic mass is 16.5. The molecule has 2 saturated carbocycles. The zero-order chi connectivity index (χ0) is 22.8. The summed E-state index contributed by atoms with van der Waals surface area (Å²) in [6, 6.07) is 7.26. The Balaban J connectivity index is 1.39. The topological polar surface area (TPSA) is 127 Å². The van der Waals surface area contributed by atoms with Crippen molar-refractivity contribution in [2.24, 2.45) is 10.9 Å². The Morgan fingerprint density at radius 3 is 2.85 bits per heavy atom. The molecule has 0 unspecified atom stereocenters. The minimum Gasteiger partial charge on any atom is -0.490 e. The van der Waals surface area contributed by atoms with Gasteiger partial charge in [0.1, 0.15) is 5.75 Å². The summed E-state index contributed by atoms with van der Waals surface area (Å²) in [4.78, 5) is 22.2. The molecule has 0 radical (unpaired) electrons. The lowest BCUT2D eigenvalue weighted by atomic mass is 9.87. The van der Waals surface area contributed by atoms with E-state index in [1.54, 1.807) is 41.3 Å². The molecule has 4 N–H and O–H groups in total. The molecule has 1 aromatic carbocycles. The number of rotatable bonds is 7. The molecule has 0 atom stereocenters. The molecule has 2 fully saturated rings. The van der Waals surface area contributed by atoms with Gasteiger partial charge in [-0.2, -0.15) is 9.61 Å². The van der Waals surface area contributed by atoms with Crippen LogP contribution in [0.1, 0.15) is 54.4 Å². The molecular weight excluding hydrogens is 420 g/mol. The number of nitrogen functional groups attached to an aromatic ring is 1. The van der Waals surface area contributed by atoms with Crippen LogP contribution in [0.25, 0.3) is 5.65 Å². The average Bonchev–Trinajstić information content (AvgIpc) is 3.57. The molecular formula is C24H28N6O3.